The zero-order chi connectivity index (χ0) is 11.7. The lowest BCUT2D eigenvalue weighted by molar-refractivity contribution is -0.133. The Morgan fingerprint density at radius 3 is 2.07 bits per heavy atom. The maximum atomic E-state index is 11.7. The largest absolute Gasteiger partial charge is 0.330 e. The molecule has 0 aromatic rings. The van der Waals surface area contributed by atoms with Gasteiger partial charge in [-0.05, 0) is 40.7 Å². The summed E-state index contributed by atoms with van der Waals surface area (Å²) in [6.45, 7) is 10.3. The van der Waals surface area contributed by atoms with Crippen LogP contribution in [0, 0.1) is 0 Å². The van der Waals surface area contributed by atoms with Crippen LogP contribution in [0.5, 0.6) is 0 Å². The lowest BCUT2D eigenvalue weighted by Crippen LogP contribution is -2.61. The van der Waals surface area contributed by atoms with Crippen LogP contribution >= 0.6 is 0 Å². The number of piperidine rings is 1. The summed E-state index contributed by atoms with van der Waals surface area (Å²) >= 11 is 0. The second-order valence-electron chi connectivity index (χ2n) is 5.81. The molecule has 2 N–H and O–H groups in total. The highest BCUT2D eigenvalue weighted by Crippen LogP contribution is 2.36. The van der Waals surface area contributed by atoms with Gasteiger partial charge in [0.1, 0.15) is 5.78 Å². The maximum Gasteiger partial charge on any atom is 0.136 e. The van der Waals surface area contributed by atoms with Gasteiger partial charge in [-0.2, -0.15) is 0 Å². The van der Waals surface area contributed by atoms with Gasteiger partial charge < -0.3 is 5.73 Å². The first kappa shape index (κ1) is 12.7. The molecule has 1 fully saturated rings. The average Bonchev–Trinajstić information content (AvgIpc) is 1.98. The van der Waals surface area contributed by atoms with E-state index in [0.29, 0.717) is 18.6 Å². The minimum atomic E-state index is -0.0198. The van der Waals surface area contributed by atoms with E-state index in [9.17, 15) is 4.79 Å². The number of nitrogens with two attached hydrogens (primary N) is 1. The maximum absolute atomic E-state index is 11.7. The van der Waals surface area contributed by atoms with Crippen LogP contribution in [0.4, 0.5) is 0 Å². The van der Waals surface area contributed by atoms with Gasteiger partial charge in [-0.3, -0.25) is 9.69 Å². The molecule has 1 saturated heterocycles. The van der Waals surface area contributed by atoms with Crippen molar-refractivity contribution in [2.75, 3.05) is 13.1 Å². The molecular weight excluding hydrogens is 188 g/mol. The van der Waals surface area contributed by atoms with Crippen molar-refractivity contribution in [2.45, 2.75) is 58.0 Å². The third-order valence-corrected chi connectivity index (χ3v) is 3.31. The number of Topliss-reactive ketones (excluding diaryl/α,β-unsaturated/α-hetero) is 1. The van der Waals surface area contributed by atoms with Crippen LogP contribution < -0.4 is 5.73 Å². The van der Waals surface area contributed by atoms with E-state index in [1.54, 1.807) is 0 Å². The Balaban J connectivity index is 2.82. The first-order valence-corrected chi connectivity index (χ1v) is 5.79. The molecule has 0 radical (unpaired) electrons. The van der Waals surface area contributed by atoms with Crippen LogP contribution in [0.25, 0.3) is 0 Å². The van der Waals surface area contributed by atoms with Gasteiger partial charge in [0.2, 0.25) is 0 Å². The lowest BCUT2D eigenvalue weighted by Gasteiger charge is -2.52. The van der Waals surface area contributed by atoms with E-state index < -0.39 is 0 Å². The fraction of sp³-hybridized carbons (Fsp3) is 0.917. The van der Waals surface area contributed by atoms with Crippen LogP contribution in [-0.2, 0) is 4.79 Å². The third-order valence-electron chi connectivity index (χ3n) is 3.31. The molecule has 0 aromatic carbocycles. The molecule has 0 amide bonds. The minimum absolute atomic E-state index is 0.0198. The summed E-state index contributed by atoms with van der Waals surface area (Å²) in [6, 6.07) is 0. The first-order chi connectivity index (χ1) is 6.79. The van der Waals surface area contributed by atoms with Crippen molar-refractivity contribution in [3.05, 3.63) is 0 Å². The molecule has 3 heteroatoms. The number of carbonyl (C=O) groups excluding carboxylic acids is 1. The average molecular weight is 212 g/mol. The number of hydrogen-bond acceptors (Lipinski definition) is 3. The van der Waals surface area contributed by atoms with E-state index in [1.807, 2.05) is 0 Å². The molecule has 0 aliphatic carbocycles. The summed E-state index contributed by atoms with van der Waals surface area (Å²) in [7, 11) is 0. The van der Waals surface area contributed by atoms with Crippen LogP contribution in [0.3, 0.4) is 0 Å². The highest BCUT2D eigenvalue weighted by molar-refractivity contribution is 5.81. The third kappa shape index (κ3) is 2.79. The highest BCUT2D eigenvalue weighted by atomic mass is 16.1. The standard InChI is InChI=1S/C12H24N2O/c1-11(2)8-10(15)9-12(3,4)14(11)7-5-6-13/h5-9,13H2,1-4H3. The number of hydrogen-bond donors (Lipinski definition) is 1. The molecule has 15 heavy (non-hydrogen) atoms. The Kier molecular flexibility index (Phi) is 3.56. The molecule has 0 atom stereocenters. The van der Waals surface area contributed by atoms with Crippen LogP contribution in [-0.4, -0.2) is 34.9 Å². The Hall–Kier alpha value is -0.410. The molecule has 0 unspecified atom stereocenters. The zero-order valence-electron chi connectivity index (χ0n) is 10.5. The van der Waals surface area contributed by atoms with Crippen molar-refractivity contribution < 1.29 is 4.79 Å². The van der Waals surface area contributed by atoms with Crippen molar-refractivity contribution in [3.63, 3.8) is 0 Å². The van der Waals surface area contributed by atoms with E-state index in [0.717, 1.165) is 19.5 Å². The Morgan fingerprint density at radius 1 is 1.20 bits per heavy atom. The summed E-state index contributed by atoms with van der Waals surface area (Å²) in [4.78, 5) is 14.1. The molecule has 1 heterocycles. The van der Waals surface area contributed by atoms with E-state index >= 15 is 0 Å². The number of likely N-dealkylation sites (tertiary alicyclic amines) is 1. The van der Waals surface area contributed by atoms with Gasteiger partial charge >= 0.3 is 0 Å². The molecule has 3 nitrogen and oxygen atoms in total. The monoisotopic (exact) mass is 212 g/mol. The Labute approximate surface area is 93.0 Å². The second-order valence-corrected chi connectivity index (χ2v) is 5.81. The summed E-state index contributed by atoms with van der Waals surface area (Å²) in [5.74, 6) is 0.383. The Morgan fingerprint density at radius 2 is 1.67 bits per heavy atom. The van der Waals surface area contributed by atoms with Gasteiger partial charge in [0.05, 0.1) is 0 Å². The summed E-state index contributed by atoms with van der Waals surface area (Å²) in [5.41, 5.74) is 5.52. The van der Waals surface area contributed by atoms with Crippen molar-refractivity contribution in [3.8, 4) is 0 Å². The highest BCUT2D eigenvalue weighted by Gasteiger charge is 2.44. The van der Waals surface area contributed by atoms with Gasteiger partial charge in [0.15, 0.2) is 0 Å². The summed E-state index contributed by atoms with van der Waals surface area (Å²) < 4.78 is 0. The topological polar surface area (TPSA) is 46.3 Å². The van der Waals surface area contributed by atoms with Crippen molar-refractivity contribution in [2.24, 2.45) is 5.73 Å². The molecule has 0 saturated carbocycles. The van der Waals surface area contributed by atoms with Crippen molar-refractivity contribution in [1.82, 2.24) is 4.90 Å². The molecule has 0 spiro atoms. The fourth-order valence-electron chi connectivity index (χ4n) is 2.89. The van der Waals surface area contributed by atoms with E-state index in [2.05, 4.69) is 32.6 Å². The molecule has 0 aromatic heterocycles. The predicted molar refractivity (Wildman–Crippen MR) is 62.8 cm³/mol. The van der Waals surface area contributed by atoms with Crippen LogP contribution in [0.2, 0.25) is 0 Å². The first-order valence-electron chi connectivity index (χ1n) is 5.79. The molecular formula is C12H24N2O. The second kappa shape index (κ2) is 4.22. The summed E-state index contributed by atoms with van der Waals surface area (Å²) in [6.07, 6.45) is 2.34. The summed E-state index contributed by atoms with van der Waals surface area (Å²) in [5, 5.41) is 0. The van der Waals surface area contributed by atoms with Gasteiger partial charge in [-0.25, -0.2) is 0 Å². The van der Waals surface area contributed by atoms with Gasteiger partial charge in [0, 0.05) is 30.5 Å². The minimum Gasteiger partial charge on any atom is -0.330 e. The van der Waals surface area contributed by atoms with E-state index in [4.69, 9.17) is 5.73 Å². The normalized spacial score (nSPS) is 25.5. The number of ketones is 1. The molecule has 1 aliphatic heterocycles. The smallest absolute Gasteiger partial charge is 0.136 e. The number of rotatable bonds is 3. The Bertz CT molecular complexity index is 226. The quantitative estimate of drug-likeness (QED) is 0.772. The van der Waals surface area contributed by atoms with Gasteiger partial charge in [-0.15, -0.1) is 0 Å². The molecule has 0 bridgehead atoms. The zero-order valence-corrected chi connectivity index (χ0v) is 10.5. The van der Waals surface area contributed by atoms with Gasteiger partial charge in [0.25, 0.3) is 0 Å². The number of carbonyl (C=O) groups is 1. The molecule has 1 rings (SSSR count). The van der Waals surface area contributed by atoms with Crippen LogP contribution in [0.1, 0.15) is 47.0 Å². The van der Waals surface area contributed by atoms with Gasteiger partial charge in [-0.1, -0.05) is 0 Å². The SMILES string of the molecule is CC1(C)CC(=O)CC(C)(C)N1CCCN. The van der Waals surface area contributed by atoms with Crippen LogP contribution in [0.15, 0.2) is 0 Å². The van der Waals surface area contributed by atoms with E-state index in [1.165, 1.54) is 0 Å². The van der Waals surface area contributed by atoms with E-state index in [-0.39, 0.29) is 11.1 Å². The lowest BCUT2D eigenvalue weighted by atomic mass is 9.79. The van der Waals surface area contributed by atoms with Crippen molar-refractivity contribution >= 4 is 5.78 Å². The fourth-order valence-corrected chi connectivity index (χ4v) is 2.89. The molecule has 88 valence electrons. The molecule has 1 aliphatic rings. The number of nitrogens with zero attached hydrogens (tertiary/aromatic N) is 1. The predicted octanol–water partition coefficient (Wildman–Crippen LogP) is 1.56. The van der Waals surface area contributed by atoms with Crippen molar-refractivity contribution in [1.29, 1.82) is 0 Å².